The van der Waals surface area contributed by atoms with Gasteiger partial charge in [-0.2, -0.15) is 0 Å². The van der Waals surface area contributed by atoms with Gasteiger partial charge in [-0.05, 0) is 0 Å². The zero-order valence-corrected chi connectivity index (χ0v) is 6.81. The average Bonchev–Trinajstić information content (AvgIpc) is 2.27. The first kappa shape index (κ1) is 9.86. The van der Waals surface area contributed by atoms with Crippen LogP contribution in [0, 0.1) is 14.7 Å². The Balaban J connectivity index is 3.16. The van der Waals surface area contributed by atoms with Crippen molar-refractivity contribution in [3.8, 4) is 0 Å². The Morgan fingerprint density at radius 2 is 1.57 bits per heavy atom. The molecule has 1 rings (SSSR count). The van der Waals surface area contributed by atoms with Crippen LogP contribution in [0.4, 0.5) is 5.69 Å². The standard InChI is InChI=1S/C6H5N4O4/c11-7-10(8-12,14-9-13)6-4-2-1-3-5-6/h1-5H/q+1. The number of nitroso groups, excluding NO2 is 2. The van der Waals surface area contributed by atoms with E-state index in [2.05, 4.69) is 15.5 Å². The topological polar surface area (TPSA) is 97.5 Å². The molecule has 0 bridgehead atoms. The van der Waals surface area contributed by atoms with Gasteiger partial charge in [0.1, 0.15) is 0 Å². The van der Waals surface area contributed by atoms with E-state index < -0.39 is 4.86 Å². The summed E-state index contributed by atoms with van der Waals surface area (Å²) < 4.78 is 0. The van der Waals surface area contributed by atoms with E-state index in [4.69, 9.17) is 0 Å². The van der Waals surface area contributed by atoms with Gasteiger partial charge in [0, 0.05) is 12.1 Å². The van der Waals surface area contributed by atoms with Crippen molar-refractivity contribution in [2.75, 3.05) is 0 Å². The molecule has 1 aromatic rings. The fourth-order valence-electron chi connectivity index (χ4n) is 0.855. The molecule has 0 saturated carbocycles. The lowest BCUT2D eigenvalue weighted by atomic mass is 10.3. The number of hydrogen-bond donors (Lipinski definition) is 0. The van der Waals surface area contributed by atoms with Crippen LogP contribution in [-0.2, 0) is 4.94 Å². The fraction of sp³-hybridized carbons (Fsp3) is 0. The van der Waals surface area contributed by atoms with Crippen molar-refractivity contribution >= 4 is 5.69 Å². The van der Waals surface area contributed by atoms with Crippen LogP contribution < -0.4 is 4.86 Å². The molecule has 0 aromatic heterocycles. The highest BCUT2D eigenvalue weighted by molar-refractivity contribution is 5.38. The second-order valence-corrected chi connectivity index (χ2v) is 2.20. The average molecular weight is 197 g/mol. The lowest BCUT2D eigenvalue weighted by Gasteiger charge is -2.07. The van der Waals surface area contributed by atoms with Gasteiger partial charge in [-0.15, -0.1) is 4.91 Å². The summed E-state index contributed by atoms with van der Waals surface area (Å²) in [6, 6.07) is 7.36. The molecular formula is C6H5N4O4+. The van der Waals surface area contributed by atoms with Gasteiger partial charge in [0.05, 0.1) is 0 Å². The Bertz CT molecular complexity index is 333. The van der Waals surface area contributed by atoms with E-state index in [0.29, 0.717) is 0 Å². The molecule has 0 atom stereocenters. The predicted octanol–water partition coefficient (Wildman–Crippen LogP) is 1.97. The molecule has 14 heavy (non-hydrogen) atoms. The van der Waals surface area contributed by atoms with Crippen LogP contribution in [0.2, 0.25) is 0 Å². The minimum Gasteiger partial charge on any atom is -0.100 e. The van der Waals surface area contributed by atoms with Crippen molar-refractivity contribution in [2.24, 2.45) is 15.9 Å². The molecule has 0 unspecified atom stereocenters. The predicted molar refractivity (Wildman–Crippen MR) is 46.7 cm³/mol. The zero-order chi connectivity index (χ0) is 10.4. The number of benzene rings is 1. The monoisotopic (exact) mass is 197 g/mol. The first-order chi connectivity index (χ1) is 6.79. The Labute approximate surface area is 77.4 Å². The van der Waals surface area contributed by atoms with Crippen LogP contribution in [0.1, 0.15) is 0 Å². The SMILES string of the molecule is O=NO[N+](N=O)(N=O)c1ccccc1. The Hall–Kier alpha value is -2.22. The number of quaternary nitrogens is 1. The molecule has 0 aliphatic carbocycles. The molecule has 1 aromatic carbocycles. The van der Waals surface area contributed by atoms with E-state index in [-0.39, 0.29) is 5.69 Å². The van der Waals surface area contributed by atoms with Gasteiger partial charge in [-0.3, -0.25) is 0 Å². The molecule has 72 valence electrons. The molecule has 0 aliphatic heterocycles. The maximum Gasteiger partial charge on any atom is 0.243 e. The molecule has 0 radical (unpaired) electrons. The summed E-state index contributed by atoms with van der Waals surface area (Å²) in [4.78, 5) is 32.8. The van der Waals surface area contributed by atoms with E-state index in [9.17, 15) is 14.7 Å². The summed E-state index contributed by atoms with van der Waals surface area (Å²) in [5, 5.41) is 6.54. The summed E-state index contributed by atoms with van der Waals surface area (Å²) in [6.07, 6.45) is 0. The van der Waals surface area contributed by atoms with Crippen LogP contribution in [0.5, 0.6) is 0 Å². The van der Waals surface area contributed by atoms with Crippen molar-refractivity contribution in [1.29, 1.82) is 0 Å². The minimum absolute atomic E-state index is 0.0166. The molecule has 0 N–H and O–H groups in total. The Kier molecular flexibility index (Phi) is 2.92. The maximum atomic E-state index is 10.4. The van der Waals surface area contributed by atoms with Crippen molar-refractivity contribution in [1.82, 2.24) is 4.86 Å². The Morgan fingerprint density at radius 1 is 1.00 bits per heavy atom. The molecule has 0 saturated heterocycles. The number of rotatable bonds is 5. The molecule has 0 amide bonds. The first-order valence-electron chi connectivity index (χ1n) is 3.45. The summed E-state index contributed by atoms with van der Waals surface area (Å²) in [5.41, 5.74) is -0.0166. The second-order valence-electron chi connectivity index (χ2n) is 2.20. The van der Waals surface area contributed by atoms with Gasteiger partial charge in [0.25, 0.3) is 0 Å². The number of nitrogens with zero attached hydrogens (tertiary/aromatic N) is 4. The van der Waals surface area contributed by atoms with E-state index in [1.165, 1.54) is 24.3 Å². The van der Waals surface area contributed by atoms with Gasteiger partial charge >= 0.3 is 0 Å². The fourth-order valence-corrected chi connectivity index (χ4v) is 0.855. The summed E-state index contributed by atoms with van der Waals surface area (Å²) in [7, 11) is 0. The Morgan fingerprint density at radius 3 is 2.00 bits per heavy atom. The largest absolute Gasteiger partial charge is 0.243 e. The normalized spacial score (nSPS) is 10.3. The lowest BCUT2D eigenvalue weighted by Crippen LogP contribution is -2.34. The van der Waals surface area contributed by atoms with Crippen molar-refractivity contribution in [3.05, 3.63) is 45.1 Å². The first-order valence-corrected chi connectivity index (χ1v) is 3.45. The van der Waals surface area contributed by atoms with E-state index >= 15 is 0 Å². The minimum atomic E-state index is -1.72. The van der Waals surface area contributed by atoms with Gasteiger partial charge in [0.2, 0.25) is 26.5 Å². The van der Waals surface area contributed by atoms with E-state index in [0.717, 1.165) is 0 Å². The third kappa shape index (κ3) is 1.59. The molecular weight excluding hydrogens is 192 g/mol. The summed E-state index contributed by atoms with van der Waals surface area (Å²) in [6.45, 7) is 0. The second kappa shape index (κ2) is 4.14. The zero-order valence-electron chi connectivity index (χ0n) is 6.81. The van der Waals surface area contributed by atoms with Crippen LogP contribution >= 0.6 is 0 Å². The molecule has 0 fully saturated rings. The highest BCUT2D eigenvalue weighted by Gasteiger charge is 2.42. The summed E-state index contributed by atoms with van der Waals surface area (Å²) >= 11 is 0. The molecule has 8 nitrogen and oxygen atoms in total. The van der Waals surface area contributed by atoms with E-state index in [1.54, 1.807) is 6.07 Å². The highest BCUT2D eigenvalue weighted by atomic mass is 16.9. The third-order valence-electron chi connectivity index (χ3n) is 1.46. The van der Waals surface area contributed by atoms with Gasteiger partial charge < -0.3 is 0 Å². The van der Waals surface area contributed by atoms with Gasteiger partial charge in [-0.1, -0.05) is 33.0 Å². The van der Waals surface area contributed by atoms with Crippen LogP contribution in [0.25, 0.3) is 0 Å². The third-order valence-corrected chi connectivity index (χ3v) is 1.46. The van der Waals surface area contributed by atoms with Gasteiger partial charge in [-0.25, -0.2) is 0 Å². The lowest BCUT2D eigenvalue weighted by molar-refractivity contribution is -0.153. The quantitative estimate of drug-likeness (QED) is 0.409. The maximum absolute atomic E-state index is 10.4. The van der Waals surface area contributed by atoms with Gasteiger partial charge in [0.15, 0.2) is 0 Å². The summed E-state index contributed by atoms with van der Waals surface area (Å²) in [5.74, 6) is 0. The van der Waals surface area contributed by atoms with Crippen LogP contribution in [-0.4, -0.2) is 0 Å². The molecule has 8 heteroatoms. The van der Waals surface area contributed by atoms with Crippen molar-refractivity contribution in [2.45, 2.75) is 0 Å². The molecule has 0 spiro atoms. The van der Waals surface area contributed by atoms with Crippen LogP contribution in [0.3, 0.4) is 0 Å². The van der Waals surface area contributed by atoms with Crippen molar-refractivity contribution in [3.63, 3.8) is 0 Å². The smallest absolute Gasteiger partial charge is 0.100 e. The van der Waals surface area contributed by atoms with Crippen molar-refractivity contribution < 1.29 is 4.94 Å². The molecule has 0 heterocycles. The van der Waals surface area contributed by atoms with Crippen LogP contribution in [0.15, 0.2) is 46.2 Å². The highest BCUT2D eigenvalue weighted by Crippen LogP contribution is 2.24. The molecule has 0 aliphatic rings. The van der Waals surface area contributed by atoms with E-state index in [1.807, 2.05) is 5.34 Å². The number of hydrogen-bond acceptors (Lipinski definition) is 7.